The Hall–Kier alpha value is -0.610. The first-order valence-corrected chi connectivity index (χ1v) is 7.22. The van der Waals surface area contributed by atoms with Gasteiger partial charge in [0.05, 0.1) is 6.54 Å². The van der Waals surface area contributed by atoms with Crippen molar-refractivity contribution < 1.29 is 4.79 Å². The second-order valence-electron chi connectivity index (χ2n) is 6.63. The molecule has 1 aliphatic heterocycles. The van der Waals surface area contributed by atoms with Crippen molar-refractivity contribution in [2.24, 2.45) is 0 Å². The maximum atomic E-state index is 11.8. The lowest BCUT2D eigenvalue weighted by molar-refractivity contribution is -0.122. The van der Waals surface area contributed by atoms with Crippen molar-refractivity contribution in [3.05, 3.63) is 0 Å². The van der Waals surface area contributed by atoms with E-state index >= 15 is 0 Å². The second kappa shape index (κ2) is 5.57. The lowest BCUT2D eigenvalue weighted by Gasteiger charge is -2.34. The number of carbonyl (C=O) groups is 1. The van der Waals surface area contributed by atoms with Gasteiger partial charge in [0.15, 0.2) is 0 Å². The van der Waals surface area contributed by atoms with Crippen molar-refractivity contribution >= 4 is 5.91 Å². The van der Waals surface area contributed by atoms with Gasteiger partial charge in [-0.05, 0) is 53.1 Å². The molecule has 1 aliphatic carbocycles. The van der Waals surface area contributed by atoms with Gasteiger partial charge in [0.2, 0.25) is 5.91 Å². The zero-order valence-electron chi connectivity index (χ0n) is 12.0. The van der Waals surface area contributed by atoms with Crippen molar-refractivity contribution in [1.29, 1.82) is 0 Å². The molecular weight excluding hydrogens is 226 g/mol. The molecule has 104 valence electrons. The fourth-order valence-corrected chi connectivity index (χ4v) is 2.50. The summed E-state index contributed by atoms with van der Waals surface area (Å²) in [6, 6.07) is 0.482. The van der Waals surface area contributed by atoms with Crippen molar-refractivity contribution in [2.45, 2.75) is 51.6 Å². The molecule has 0 atom stereocenters. The Balaban J connectivity index is 1.75. The minimum absolute atomic E-state index is 0.210. The summed E-state index contributed by atoms with van der Waals surface area (Å²) in [5.74, 6) is 0.210. The summed E-state index contributed by atoms with van der Waals surface area (Å²) in [6.07, 6.45) is 3.50. The van der Waals surface area contributed by atoms with Gasteiger partial charge in [0.1, 0.15) is 0 Å². The summed E-state index contributed by atoms with van der Waals surface area (Å²) in [4.78, 5) is 16.6. The SMILES string of the molecule is CC(C)(C)N1CCCN(CC(=O)NC2CC2)CC1. The Labute approximate surface area is 111 Å². The molecule has 2 rings (SSSR count). The molecular formula is C14H27N3O. The predicted octanol–water partition coefficient (Wildman–Crippen LogP) is 1.07. The Morgan fingerprint density at radius 2 is 1.89 bits per heavy atom. The van der Waals surface area contributed by atoms with Crippen molar-refractivity contribution in [3.63, 3.8) is 0 Å². The summed E-state index contributed by atoms with van der Waals surface area (Å²) in [6.45, 7) is 11.6. The molecule has 1 heterocycles. The van der Waals surface area contributed by atoms with Crippen molar-refractivity contribution in [2.75, 3.05) is 32.7 Å². The standard InChI is InChI=1S/C14H27N3O/c1-14(2,3)17-8-4-7-16(9-10-17)11-13(18)15-12-5-6-12/h12H,4-11H2,1-3H3,(H,15,18). The summed E-state index contributed by atoms with van der Waals surface area (Å²) < 4.78 is 0. The molecule has 0 unspecified atom stereocenters. The van der Waals surface area contributed by atoms with E-state index in [1.54, 1.807) is 0 Å². The van der Waals surface area contributed by atoms with E-state index in [1.165, 1.54) is 12.8 Å². The van der Waals surface area contributed by atoms with Gasteiger partial charge in [-0.2, -0.15) is 0 Å². The Morgan fingerprint density at radius 3 is 2.50 bits per heavy atom. The molecule has 0 bridgehead atoms. The monoisotopic (exact) mass is 253 g/mol. The van der Waals surface area contributed by atoms with Gasteiger partial charge in [0, 0.05) is 24.7 Å². The summed E-state index contributed by atoms with van der Waals surface area (Å²) >= 11 is 0. The fourth-order valence-electron chi connectivity index (χ4n) is 2.50. The van der Waals surface area contributed by atoms with Crippen LogP contribution in [0.25, 0.3) is 0 Å². The summed E-state index contributed by atoms with van der Waals surface area (Å²) in [5.41, 5.74) is 0.242. The number of nitrogens with one attached hydrogen (secondary N) is 1. The topological polar surface area (TPSA) is 35.6 Å². The smallest absolute Gasteiger partial charge is 0.234 e. The van der Waals surface area contributed by atoms with Gasteiger partial charge in [-0.3, -0.25) is 14.6 Å². The van der Waals surface area contributed by atoms with E-state index in [1.807, 2.05) is 0 Å². The van der Waals surface area contributed by atoms with E-state index in [2.05, 4.69) is 35.9 Å². The molecule has 0 aromatic rings. The van der Waals surface area contributed by atoms with E-state index < -0.39 is 0 Å². The van der Waals surface area contributed by atoms with Gasteiger partial charge >= 0.3 is 0 Å². The second-order valence-corrected chi connectivity index (χ2v) is 6.63. The molecule has 2 aliphatic rings. The van der Waals surface area contributed by atoms with E-state index in [4.69, 9.17) is 0 Å². The average molecular weight is 253 g/mol. The first kappa shape index (κ1) is 13.8. The van der Waals surface area contributed by atoms with E-state index in [-0.39, 0.29) is 11.4 Å². The highest BCUT2D eigenvalue weighted by Crippen LogP contribution is 2.19. The van der Waals surface area contributed by atoms with Crippen LogP contribution in [-0.2, 0) is 4.79 Å². The molecule has 1 saturated heterocycles. The number of hydrogen-bond donors (Lipinski definition) is 1. The van der Waals surface area contributed by atoms with Crippen LogP contribution in [0.3, 0.4) is 0 Å². The van der Waals surface area contributed by atoms with E-state index in [0.717, 1.165) is 32.6 Å². The van der Waals surface area contributed by atoms with Crippen LogP contribution in [-0.4, -0.2) is 60.0 Å². The Kier molecular flexibility index (Phi) is 4.28. The average Bonchev–Trinajstić information content (AvgIpc) is 3.03. The molecule has 4 nitrogen and oxygen atoms in total. The highest BCUT2D eigenvalue weighted by molar-refractivity contribution is 5.78. The van der Waals surface area contributed by atoms with Crippen LogP contribution >= 0.6 is 0 Å². The van der Waals surface area contributed by atoms with Crippen LogP contribution in [0, 0.1) is 0 Å². The third-order valence-electron chi connectivity index (χ3n) is 3.85. The maximum absolute atomic E-state index is 11.8. The molecule has 1 amide bonds. The van der Waals surface area contributed by atoms with E-state index in [9.17, 15) is 4.79 Å². The summed E-state index contributed by atoms with van der Waals surface area (Å²) in [7, 11) is 0. The van der Waals surface area contributed by atoms with Crippen LogP contribution in [0.15, 0.2) is 0 Å². The first-order valence-electron chi connectivity index (χ1n) is 7.22. The van der Waals surface area contributed by atoms with Crippen LogP contribution in [0.1, 0.15) is 40.0 Å². The molecule has 1 saturated carbocycles. The highest BCUT2D eigenvalue weighted by atomic mass is 16.2. The minimum atomic E-state index is 0.210. The van der Waals surface area contributed by atoms with Crippen LogP contribution in [0.2, 0.25) is 0 Å². The molecule has 18 heavy (non-hydrogen) atoms. The molecule has 0 aromatic carbocycles. The van der Waals surface area contributed by atoms with Gasteiger partial charge in [-0.15, -0.1) is 0 Å². The molecule has 1 N–H and O–H groups in total. The normalized spacial score (nSPS) is 23.7. The summed E-state index contributed by atoms with van der Waals surface area (Å²) in [5, 5.41) is 3.07. The highest BCUT2D eigenvalue weighted by Gasteiger charge is 2.26. The van der Waals surface area contributed by atoms with Crippen LogP contribution < -0.4 is 5.32 Å². The number of carbonyl (C=O) groups excluding carboxylic acids is 1. The van der Waals surface area contributed by atoms with Gasteiger partial charge in [-0.1, -0.05) is 0 Å². The molecule has 0 spiro atoms. The number of nitrogens with zero attached hydrogens (tertiary/aromatic N) is 2. The van der Waals surface area contributed by atoms with Crippen molar-refractivity contribution in [1.82, 2.24) is 15.1 Å². The number of rotatable bonds is 3. The van der Waals surface area contributed by atoms with Gasteiger partial charge in [-0.25, -0.2) is 0 Å². The zero-order chi connectivity index (χ0) is 13.2. The molecule has 2 fully saturated rings. The quantitative estimate of drug-likeness (QED) is 0.817. The molecule has 0 radical (unpaired) electrons. The van der Waals surface area contributed by atoms with Crippen LogP contribution in [0.4, 0.5) is 0 Å². The zero-order valence-corrected chi connectivity index (χ0v) is 12.0. The van der Waals surface area contributed by atoms with Gasteiger partial charge in [0.25, 0.3) is 0 Å². The lowest BCUT2D eigenvalue weighted by atomic mass is 10.1. The number of amides is 1. The Morgan fingerprint density at radius 1 is 1.17 bits per heavy atom. The minimum Gasteiger partial charge on any atom is -0.352 e. The first-order chi connectivity index (χ1) is 8.45. The third-order valence-corrected chi connectivity index (χ3v) is 3.85. The van der Waals surface area contributed by atoms with Crippen molar-refractivity contribution in [3.8, 4) is 0 Å². The Bertz CT molecular complexity index is 294. The van der Waals surface area contributed by atoms with E-state index in [0.29, 0.717) is 12.6 Å². The van der Waals surface area contributed by atoms with Crippen LogP contribution in [0.5, 0.6) is 0 Å². The lowest BCUT2D eigenvalue weighted by Crippen LogP contribution is -2.44. The number of hydrogen-bond acceptors (Lipinski definition) is 3. The fraction of sp³-hybridized carbons (Fsp3) is 0.929. The maximum Gasteiger partial charge on any atom is 0.234 e. The van der Waals surface area contributed by atoms with Gasteiger partial charge < -0.3 is 5.32 Å². The molecule has 0 aromatic heterocycles. The molecule has 4 heteroatoms. The predicted molar refractivity (Wildman–Crippen MR) is 73.5 cm³/mol. The largest absolute Gasteiger partial charge is 0.352 e. The third kappa shape index (κ3) is 4.25.